The van der Waals surface area contributed by atoms with Crippen LogP contribution in [-0.4, -0.2) is 49.1 Å². The van der Waals surface area contributed by atoms with E-state index in [4.69, 9.17) is 11.5 Å². The number of carbonyl (C=O) groups is 1. The molecule has 1 heterocycles. The van der Waals surface area contributed by atoms with E-state index in [-0.39, 0.29) is 23.9 Å². The van der Waals surface area contributed by atoms with Crippen molar-refractivity contribution in [1.82, 2.24) is 10.2 Å². The smallest absolute Gasteiger partial charge is 0.237 e. The number of carbonyl (C=O) groups excluding carboxylic acids is 1. The summed E-state index contributed by atoms with van der Waals surface area (Å²) in [6.07, 6.45) is 3.91. The van der Waals surface area contributed by atoms with Gasteiger partial charge in [-0.1, -0.05) is 24.3 Å². The SMILES string of the molecule is NCC(CN)CN1CCC[C@@H]1C(=O)NC1Cc2ccccc2C1. The molecule has 5 nitrogen and oxygen atoms in total. The van der Waals surface area contributed by atoms with E-state index >= 15 is 0 Å². The number of nitrogens with one attached hydrogen (secondary N) is 1. The predicted octanol–water partition coefficient (Wildman–Crippen LogP) is 0.268. The van der Waals surface area contributed by atoms with E-state index in [1.54, 1.807) is 0 Å². The summed E-state index contributed by atoms with van der Waals surface area (Å²) >= 11 is 0. The number of hydrogen-bond acceptors (Lipinski definition) is 4. The number of fused-ring (bicyclic) bond motifs is 1. The highest BCUT2D eigenvalue weighted by Gasteiger charge is 2.33. The Balaban J connectivity index is 1.56. The standard InChI is InChI=1S/C18H28N4O/c19-10-13(11-20)12-22-7-3-6-17(22)18(23)21-16-8-14-4-1-2-5-15(14)9-16/h1-2,4-5,13,16-17H,3,6-12,19-20H2,(H,21,23)/t17-/m1/s1. The van der Waals surface area contributed by atoms with Gasteiger partial charge in [-0.05, 0) is 62.4 Å². The molecule has 1 fully saturated rings. The van der Waals surface area contributed by atoms with Gasteiger partial charge >= 0.3 is 0 Å². The van der Waals surface area contributed by atoms with Crippen LogP contribution in [0.3, 0.4) is 0 Å². The molecular formula is C18H28N4O. The fraction of sp³-hybridized carbons (Fsp3) is 0.611. The molecule has 1 aromatic rings. The number of rotatable bonds is 6. The Bertz CT molecular complexity index is 519. The van der Waals surface area contributed by atoms with Crippen LogP contribution in [-0.2, 0) is 17.6 Å². The van der Waals surface area contributed by atoms with E-state index in [1.807, 2.05) is 0 Å². The zero-order valence-electron chi connectivity index (χ0n) is 13.7. The maximum atomic E-state index is 12.7. The van der Waals surface area contributed by atoms with Crippen molar-refractivity contribution < 1.29 is 4.79 Å². The topological polar surface area (TPSA) is 84.4 Å². The van der Waals surface area contributed by atoms with Gasteiger partial charge in [-0.25, -0.2) is 0 Å². The lowest BCUT2D eigenvalue weighted by Crippen LogP contribution is -2.49. The van der Waals surface area contributed by atoms with E-state index in [2.05, 4.69) is 34.5 Å². The van der Waals surface area contributed by atoms with E-state index in [1.165, 1.54) is 11.1 Å². The lowest BCUT2D eigenvalue weighted by molar-refractivity contribution is -0.126. The summed E-state index contributed by atoms with van der Waals surface area (Å²) in [5.41, 5.74) is 14.2. The van der Waals surface area contributed by atoms with Gasteiger partial charge in [0.05, 0.1) is 6.04 Å². The van der Waals surface area contributed by atoms with Crippen molar-refractivity contribution >= 4 is 5.91 Å². The van der Waals surface area contributed by atoms with Gasteiger partial charge in [-0.3, -0.25) is 9.69 Å². The fourth-order valence-corrected chi connectivity index (χ4v) is 3.88. The number of amides is 1. The van der Waals surface area contributed by atoms with Gasteiger partial charge in [-0.15, -0.1) is 0 Å². The first kappa shape index (κ1) is 16.4. The monoisotopic (exact) mass is 316 g/mol. The zero-order valence-corrected chi connectivity index (χ0v) is 13.7. The van der Waals surface area contributed by atoms with Crippen LogP contribution in [0.1, 0.15) is 24.0 Å². The maximum Gasteiger partial charge on any atom is 0.237 e. The number of benzene rings is 1. The van der Waals surface area contributed by atoms with Crippen molar-refractivity contribution in [1.29, 1.82) is 0 Å². The number of nitrogens with two attached hydrogens (primary N) is 2. The molecule has 1 amide bonds. The summed E-state index contributed by atoms with van der Waals surface area (Å²) in [6.45, 7) is 2.97. The molecule has 5 N–H and O–H groups in total. The van der Waals surface area contributed by atoms with Crippen LogP contribution in [0.2, 0.25) is 0 Å². The summed E-state index contributed by atoms with van der Waals surface area (Å²) in [7, 11) is 0. The summed E-state index contributed by atoms with van der Waals surface area (Å²) < 4.78 is 0. The molecule has 3 rings (SSSR count). The Hall–Kier alpha value is -1.43. The average Bonchev–Trinajstić information content (AvgIpc) is 3.18. The third kappa shape index (κ3) is 3.74. The highest BCUT2D eigenvalue weighted by atomic mass is 16.2. The Kier molecular flexibility index (Phi) is 5.30. The van der Waals surface area contributed by atoms with Gasteiger partial charge in [-0.2, -0.15) is 0 Å². The van der Waals surface area contributed by atoms with Crippen LogP contribution >= 0.6 is 0 Å². The summed E-state index contributed by atoms with van der Waals surface area (Å²) in [6, 6.07) is 8.69. The predicted molar refractivity (Wildman–Crippen MR) is 92.0 cm³/mol. The quantitative estimate of drug-likeness (QED) is 0.703. The first-order valence-electron chi connectivity index (χ1n) is 8.72. The van der Waals surface area contributed by atoms with Gasteiger partial charge in [0, 0.05) is 12.6 Å². The van der Waals surface area contributed by atoms with Crippen molar-refractivity contribution in [3.05, 3.63) is 35.4 Å². The van der Waals surface area contributed by atoms with E-state index in [9.17, 15) is 4.79 Å². The molecule has 1 aliphatic carbocycles. The minimum atomic E-state index is -0.0145. The fourth-order valence-electron chi connectivity index (χ4n) is 3.88. The number of likely N-dealkylation sites (tertiary alicyclic amines) is 1. The largest absolute Gasteiger partial charge is 0.351 e. The van der Waals surface area contributed by atoms with Gasteiger partial charge in [0.15, 0.2) is 0 Å². The molecule has 126 valence electrons. The normalized spacial score (nSPS) is 21.8. The zero-order chi connectivity index (χ0) is 16.2. The van der Waals surface area contributed by atoms with Crippen molar-refractivity contribution in [3.8, 4) is 0 Å². The second kappa shape index (κ2) is 7.43. The van der Waals surface area contributed by atoms with Gasteiger partial charge < -0.3 is 16.8 Å². The molecule has 1 aliphatic heterocycles. The van der Waals surface area contributed by atoms with Crippen molar-refractivity contribution in [2.75, 3.05) is 26.2 Å². The molecule has 0 saturated carbocycles. The number of hydrogen-bond donors (Lipinski definition) is 3. The number of nitrogens with zero attached hydrogens (tertiary/aromatic N) is 1. The third-order valence-electron chi connectivity index (χ3n) is 5.22. The molecule has 0 aromatic heterocycles. The summed E-state index contributed by atoms with van der Waals surface area (Å²) in [5, 5.41) is 3.26. The second-order valence-corrected chi connectivity index (χ2v) is 6.87. The molecule has 0 bridgehead atoms. The first-order chi connectivity index (χ1) is 11.2. The molecule has 1 atom stereocenters. The van der Waals surface area contributed by atoms with Crippen LogP contribution in [0.25, 0.3) is 0 Å². The molecule has 1 saturated heterocycles. The summed E-state index contributed by atoms with van der Waals surface area (Å²) in [4.78, 5) is 15.0. The molecular weight excluding hydrogens is 288 g/mol. The maximum absolute atomic E-state index is 12.7. The van der Waals surface area contributed by atoms with Crippen molar-refractivity contribution in [3.63, 3.8) is 0 Å². The second-order valence-electron chi connectivity index (χ2n) is 6.87. The Morgan fingerprint density at radius 1 is 1.22 bits per heavy atom. The van der Waals surface area contributed by atoms with Crippen LogP contribution in [0.5, 0.6) is 0 Å². The molecule has 5 heteroatoms. The minimum absolute atomic E-state index is 0.0145. The molecule has 0 radical (unpaired) electrons. The molecule has 0 unspecified atom stereocenters. The van der Waals surface area contributed by atoms with Crippen LogP contribution in [0, 0.1) is 5.92 Å². The van der Waals surface area contributed by atoms with Crippen LogP contribution in [0.4, 0.5) is 0 Å². The Morgan fingerprint density at radius 2 is 1.87 bits per heavy atom. The van der Waals surface area contributed by atoms with Crippen LogP contribution in [0.15, 0.2) is 24.3 Å². The Morgan fingerprint density at radius 3 is 2.48 bits per heavy atom. The summed E-state index contributed by atoms with van der Waals surface area (Å²) in [5.74, 6) is 0.451. The van der Waals surface area contributed by atoms with E-state index < -0.39 is 0 Å². The molecule has 23 heavy (non-hydrogen) atoms. The van der Waals surface area contributed by atoms with E-state index in [0.717, 1.165) is 38.8 Å². The van der Waals surface area contributed by atoms with Gasteiger partial charge in [0.1, 0.15) is 0 Å². The lowest BCUT2D eigenvalue weighted by Gasteiger charge is -2.28. The van der Waals surface area contributed by atoms with Gasteiger partial charge in [0.2, 0.25) is 5.91 Å². The van der Waals surface area contributed by atoms with E-state index in [0.29, 0.717) is 13.1 Å². The van der Waals surface area contributed by atoms with Gasteiger partial charge in [0.25, 0.3) is 0 Å². The average molecular weight is 316 g/mol. The Labute approximate surface area is 138 Å². The van der Waals surface area contributed by atoms with Crippen molar-refractivity contribution in [2.24, 2.45) is 17.4 Å². The minimum Gasteiger partial charge on any atom is -0.351 e. The first-order valence-corrected chi connectivity index (χ1v) is 8.72. The third-order valence-corrected chi connectivity index (χ3v) is 5.22. The highest BCUT2D eigenvalue weighted by Crippen LogP contribution is 2.23. The van der Waals surface area contributed by atoms with Crippen molar-refractivity contribution in [2.45, 2.75) is 37.8 Å². The lowest BCUT2D eigenvalue weighted by atomic mass is 10.1. The van der Waals surface area contributed by atoms with Crippen LogP contribution < -0.4 is 16.8 Å². The highest BCUT2D eigenvalue weighted by molar-refractivity contribution is 5.82. The molecule has 2 aliphatic rings. The molecule has 1 aromatic carbocycles. The molecule has 0 spiro atoms.